The fraction of sp³-hybridized carbons (Fsp3) is 0.333. The lowest BCUT2D eigenvalue weighted by molar-refractivity contribution is 0.200. The molecule has 0 spiro atoms. The summed E-state index contributed by atoms with van der Waals surface area (Å²) in [6, 6.07) is 11.4. The van der Waals surface area contributed by atoms with E-state index in [4.69, 9.17) is 21.3 Å². The third-order valence-corrected chi connectivity index (χ3v) is 7.29. The van der Waals surface area contributed by atoms with Gasteiger partial charge in [0.2, 0.25) is 0 Å². The van der Waals surface area contributed by atoms with Gasteiger partial charge in [-0.2, -0.15) is 5.10 Å². The first-order valence-electron chi connectivity index (χ1n) is 12.3. The van der Waals surface area contributed by atoms with Crippen molar-refractivity contribution in [3.63, 3.8) is 0 Å². The molecule has 1 N–H and O–H groups in total. The minimum absolute atomic E-state index is 0.373. The van der Waals surface area contributed by atoms with Crippen molar-refractivity contribution in [2.75, 3.05) is 20.1 Å². The zero-order chi connectivity index (χ0) is 24.8. The monoisotopic (exact) mass is 501 g/mol. The van der Waals surface area contributed by atoms with Gasteiger partial charge in [0.15, 0.2) is 5.15 Å². The largest absolute Gasteiger partial charge is 0.457 e. The standard InChI is InChI=1S/C27H28ClN7O/c1-16-21(14-29-35(16)15-18-8-10-34(3)11-9-18)26-27(28)33-23-7-5-20(13-25(23)32-26)36-19-4-6-22-24(12-19)31-17(2)30-22/h4-7,12-14,18H,8-11,15H2,1-3H3,(H,30,31). The van der Waals surface area contributed by atoms with E-state index in [9.17, 15) is 0 Å². The molecule has 1 aliphatic heterocycles. The molecule has 1 fully saturated rings. The number of aromatic amines is 1. The molecule has 0 saturated carbocycles. The van der Waals surface area contributed by atoms with Crippen LogP contribution in [0.5, 0.6) is 11.5 Å². The molecule has 3 aromatic heterocycles. The van der Waals surface area contributed by atoms with E-state index >= 15 is 0 Å². The number of benzene rings is 2. The summed E-state index contributed by atoms with van der Waals surface area (Å²) in [5, 5.41) is 5.04. The van der Waals surface area contributed by atoms with E-state index in [1.807, 2.05) is 49.5 Å². The molecule has 0 bridgehead atoms. The summed E-state index contributed by atoms with van der Waals surface area (Å²) < 4.78 is 8.21. The number of nitrogens with one attached hydrogen (secondary N) is 1. The molecule has 8 nitrogen and oxygen atoms in total. The van der Waals surface area contributed by atoms with Crippen molar-refractivity contribution in [2.24, 2.45) is 5.92 Å². The second-order valence-corrected chi connectivity index (χ2v) is 10.0. The van der Waals surface area contributed by atoms with Crippen LogP contribution in [0.3, 0.4) is 0 Å². The molecule has 2 aromatic carbocycles. The zero-order valence-corrected chi connectivity index (χ0v) is 21.4. The van der Waals surface area contributed by atoms with Crippen molar-refractivity contribution in [1.29, 1.82) is 0 Å². The van der Waals surface area contributed by atoms with E-state index in [-0.39, 0.29) is 0 Å². The lowest BCUT2D eigenvalue weighted by Crippen LogP contribution is -2.32. The summed E-state index contributed by atoms with van der Waals surface area (Å²) in [5.41, 5.74) is 5.89. The van der Waals surface area contributed by atoms with Gasteiger partial charge in [0, 0.05) is 29.9 Å². The fourth-order valence-electron chi connectivity index (χ4n) is 4.92. The average molecular weight is 502 g/mol. The Balaban J connectivity index is 1.28. The van der Waals surface area contributed by atoms with Gasteiger partial charge in [0.05, 0.1) is 28.3 Å². The number of piperidine rings is 1. The minimum atomic E-state index is 0.373. The van der Waals surface area contributed by atoms with Crippen molar-refractivity contribution in [2.45, 2.75) is 33.2 Å². The number of hydrogen-bond acceptors (Lipinski definition) is 6. The van der Waals surface area contributed by atoms with E-state index in [0.29, 0.717) is 33.5 Å². The summed E-state index contributed by atoms with van der Waals surface area (Å²) in [4.78, 5) is 19.6. The van der Waals surface area contributed by atoms with Gasteiger partial charge < -0.3 is 14.6 Å². The van der Waals surface area contributed by atoms with Crippen LogP contribution in [0.15, 0.2) is 42.6 Å². The van der Waals surface area contributed by atoms with Crippen LogP contribution in [0.1, 0.15) is 24.4 Å². The SMILES string of the molecule is Cc1nc2ccc(Oc3ccc4nc(Cl)c(-c5cnn(CC6CCN(C)CC6)c5C)nc4c3)cc2[nH]1. The smallest absolute Gasteiger partial charge is 0.156 e. The molecule has 0 atom stereocenters. The molecular formula is C27H28ClN7O. The zero-order valence-electron chi connectivity index (χ0n) is 20.6. The third-order valence-electron chi connectivity index (χ3n) is 7.03. The molecule has 0 unspecified atom stereocenters. The number of H-pyrrole nitrogens is 1. The molecule has 4 heterocycles. The Morgan fingerprint density at radius 2 is 1.72 bits per heavy atom. The number of halogens is 1. The predicted octanol–water partition coefficient (Wildman–Crippen LogP) is 5.77. The molecule has 9 heteroatoms. The maximum absolute atomic E-state index is 6.60. The summed E-state index contributed by atoms with van der Waals surface area (Å²) in [5.74, 6) is 2.90. The Labute approximate surface area is 214 Å². The molecule has 1 saturated heterocycles. The van der Waals surface area contributed by atoms with Crippen molar-refractivity contribution in [1.82, 2.24) is 34.6 Å². The second-order valence-electron chi connectivity index (χ2n) is 9.69. The van der Waals surface area contributed by atoms with Crippen LogP contribution in [0.25, 0.3) is 33.3 Å². The lowest BCUT2D eigenvalue weighted by Gasteiger charge is -2.29. The molecule has 0 aliphatic carbocycles. The predicted molar refractivity (Wildman–Crippen MR) is 142 cm³/mol. The van der Waals surface area contributed by atoms with Gasteiger partial charge in [-0.1, -0.05) is 11.6 Å². The van der Waals surface area contributed by atoms with E-state index in [2.05, 4.69) is 43.6 Å². The maximum atomic E-state index is 6.60. The Morgan fingerprint density at radius 3 is 2.53 bits per heavy atom. The van der Waals surface area contributed by atoms with E-state index < -0.39 is 0 Å². The second kappa shape index (κ2) is 9.19. The number of aromatic nitrogens is 6. The Bertz CT molecular complexity index is 1570. The number of likely N-dealkylation sites (tertiary alicyclic amines) is 1. The van der Waals surface area contributed by atoms with Gasteiger partial charge in [0.25, 0.3) is 0 Å². The third kappa shape index (κ3) is 4.42. The topological polar surface area (TPSA) is 84.8 Å². The minimum Gasteiger partial charge on any atom is -0.457 e. The van der Waals surface area contributed by atoms with Gasteiger partial charge in [-0.15, -0.1) is 0 Å². The van der Waals surface area contributed by atoms with Gasteiger partial charge in [-0.25, -0.2) is 15.0 Å². The highest BCUT2D eigenvalue weighted by molar-refractivity contribution is 6.32. The summed E-state index contributed by atoms with van der Waals surface area (Å²) in [7, 11) is 2.18. The highest BCUT2D eigenvalue weighted by Crippen LogP contribution is 2.32. The summed E-state index contributed by atoms with van der Waals surface area (Å²) in [6.45, 7) is 7.20. The van der Waals surface area contributed by atoms with E-state index in [0.717, 1.165) is 53.5 Å². The first kappa shape index (κ1) is 22.9. The van der Waals surface area contributed by atoms with Crippen molar-refractivity contribution < 1.29 is 4.74 Å². The molecular weight excluding hydrogens is 474 g/mol. The molecule has 0 amide bonds. The maximum Gasteiger partial charge on any atom is 0.156 e. The number of imidazole rings is 1. The quantitative estimate of drug-likeness (QED) is 0.329. The highest BCUT2D eigenvalue weighted by atomic mass is 35.5. The van der Waals surface area contributed by atoms with Crippen LogP contribution < -0.4 is 4.74 Å². The van der Waals surface area contributed by atoms with Crippen LogP contribution >= 0.6 is 11.6 Å². The van der Waals surface area contributed by atoms with Crippen LogP contribution in [0.2, 0.25) is 5.15 Å². The van der Waals surface area contributed by atoms with E-state index in [1.165, 1.54) is 12.8 Å². The Hall–Kier alpha value is -3.49. The molecule has 0 radical (unpaired) electrons. The lowest BCUT2D eigenvalue weighted by atomic mass is 9.97. The van der Waals surface area contributed by atoms with Gasteiger partial charge >= 0.3 is 0 Å². The number of ether oxygens (including phenoxy) is 1. The van der Waals surface area contributed by atoms with Gasteiger partial charge in [-0.3, -0.25) is 4.68 Å². The van der Waals surface area contributed by atoms with E-state index in [1.54, 1.807) is 0 Å². The highest BCUT2D eigenvalue weighted by Gasteiger charge is 2.21. The Kier molecular flexibility index (Phi) is 5.85. The molecule has 1 aliphatic rings. The number of fused-ring (bicyclic) bond motifs is 2. The average Bonchev–Trinajstić information content (AvgIpc) is 3.41. The molecule has 184 valence electrons. The molecule has 6 rings (SSSR count). The summed E-state index contributed by atoms with van der Waals surface area (Å²) in [6.07, 6.45) is 4.24. The number of rotatable bonds is 5. The van der Waals surface area contributed by atoms with Crippen LogP contribution in [-0.4, -0.2) is 54.8 Å². The number of nitrogens with zero attached hydrogens (tertiary/aromatic N) is 6. The number of aryl methyl sites for hydroxylation is 1. The van der Waals surface area contributed by atoms with Crippen LogP contribution in [0, 0.1) is 19.8 Å². The van der Waals surface area contributed by atoms with Crippen molar-refractivity contribution in [3.05, 3.63) is 59.3 Å². The van der Waals surface area contributed by atoms with Crippen molar-refractivity contribution in [3.8, 4) is 22.8 Å². The fourth-order valence-corrected chi connectivity index (χ4v) is 5.15. The molecule has 5 aromatic rings. The molecule has 36 heavy (non-hydrogen) atoms. The Morgan fingerprint density at radius 1 is 0.972 bits per heavy atom. The van der Waals surface area contributed by atoms with Crippen molar-refractivity contribution >= 4 is 33.7 Å². The normalized spacial score (nSPS) is 15.2. The van der Waals surface area contributed by atoms with Gasteiger partial charge in [0.1, 0.15) is 23.0 Å². The van der Waals surface area contributed by atoms with Gasteiger partial charge in [-0.05, 0) is 77.0 Å². The first-order valence-corrected chi connectivity index (χ1v) is 12.6. The summed E-state index contributed by atoms with van der Waals surface area (Å²) >= 11 is 6.60. The first-order chi connectivity index (χ1) is 17.4. The van der Waals surface area contributed by atoms with Crippen LogP contribution in [0.4, 0.5) is 0 Å². The van der Waals surface area contributed by atoms with Crippen LogP contribution in [-0.2, 0) is 6.54 Å². The number of hydrogen-bond donors (Lipinski definition) is 1.